The van der Waals surface area contributed by atoms with Gasteiger partial charge in [-0.3, -0.25) is 9.59 Å². The van der Waals surface area contributed by atoms with Gasteiger partial charge in [0.2, 0.25) is 5.91 Å². The number of ether oxygens (including phenoxy) is 1. The number of benzene rings is 2. The van der Waals surface area contributed by atoms with E-state index in [2.05, 4.69) is 5.32 Å². The highest BCUT2D eigenvalue weighted by Gasteiger charge is 2.13. The molecular weight excluding hydrogens is 382 g/mol. The van der Waals surface area contributed by atoms with E-state index in [1.165, 1.54) is 31.2 Å². The van der Waals surface area contributed by atoms with Crippen LogP contribution in [0.5, 0.6) is 0 Å². The Balaban J connectivity index is 1.89. The zero-order valence-corrected chi connectivity index (χ0v) is 16.4. The van der Waals surface area contributed by atoms with Crippen molar-refractivity contribution in [2.45, 2.75) is 18.2 Å². The van der Waals surface area contributed by atoms with Crippen molar-refractivity contribution in [3.8, 4) is 0 Å². The number of carbonyl (C=O) groups is 3. The van der Waals surface area contributed by atoms with Crippen LogP contribution in [0.15, 0.2) is 53.4 Å². The third-order valence-corrected chi connectivity index (χ3v) is 5.04. The van der Waals surface area contributed by atoms with Gasteiger partial charge in [-0.1, -0.05) is 24.3 Å². The lowest BCUT2D eigenvalue weighted by Crippen LogP contribution is -2.22. The molecule has 0 saturated heterocycles. The molecule has 0 aliphatic rings. The smallest absolute Gasteiger partial charge is 0.338 e. The van der Waals surface area contributed by atoms with Gasteiger partial charge in [-0.2, -0.15) is 0 Å². The number of sulfone groups is 1. The lowest BCUT2D eigenvalue weighted by Gasteiger charge is -2.06. The van der Waals surface area contributed by atoms with Gasteiger partial charge in [-0.05, 0) is 36.2 Å². The monoisotopic (exact) mass is 403 g/mol. The summed E-state index contributed by atoms with van der Waals surface area (Å²) < 4.78 is 27.8. The largest absolute Gasteiger partial charge is 0.454 e. The van der Waals surface area contributed by atoms with Gasteiger partial charge in [0.15, 0.2) is 22.2 Å². The molecule has 0 radical (unpaired) electrons. The molecule has 8 heteroatoms. The second kappa shape index (κ2) is 9.27. The molecule has 148 valence electrons. The van der Waals surface area contributed by atoms with Gasteiger partial charge in [0.1, 0.15) is 0 Å². The average molecular weight is 403 g/mol. The maximum absolute atomic E-state index is 12.2. The highest BCUT2D eigenvalue weighted by molar-refractivity contribution is 7.90. The summed E-state index contributed by atoms with van der Waals surface area (Å²) in [5.41, 5.74) is 1.53. The van der Waals surface area contributed by atoms with Crippen molar-refractivity contribution in [2.75, 3.05) is 19.4 Å². The maximum atomic E-state index is 12.2. The minimum absolute atomic E-state index is 0.0960. The van der Waals surface area contributed by atoms with Crippen molar-refractivity contribution >= 4 is 27.5 Å². The molecule has 2 aromatic carbocycles. The Morgan fingerprint density at radius 2 is 1.50 bits per heavy atom. The molecule has 0 spiro atoms. The van der Waals surface area contributed by atoms with Gasteiger partial charge in [0.25, 0.3) is 0 Å². The van der Waals surface area contributed by atoms with E-state index in [4.69, 9.17) is 4.74 Å². The van der Waals surface area contributed by atoms with Crippen LogP contribution < -0.4 is 5.32 Å². The first-order valence-corrected chi connectivity index (χ1v) is 10.4. The van der Waals surface area contributed by atoms with E-state index in [0.717, 1.165) is 11.8 Å². The van der Waals surface area contributed by atoms with Crippen LogP contribution >= 0.6 is 0 Å². The Morgan fingerprint density at radius 3 is 2.04 bits per heavy atom. The van der Waals surface area contributed by atoms with E-state index in [9.17, 15) is 22.8 Å². The molecule has 0 aliphatic carbocycles. The van der Waals surface area contributed by atoms with E-state index in [-0.39, 0.29) is 22.1 Å². The fourth-order valence-corrected chi connectivity index (χ4v) is 3.01. The van der Waals surface area contributed by atoms with Crippen LogP contribution in [-0.4, -0.2) is 45.5 Å². The topological polar surface area (TPSA) is 107 Å². The molecule has 2 rings (SSSR count). The van der Waals surface area contributed by atoms with Crippen LogP contribution in [0.3, 0.4) is 0 Å². The Labute approximate surface area is 163 Å². The Hall–Kier alpha value is -3.00. The Bertz CT molecular complexity index is 963. The number of rotatable bonds is 8. The fourth-order valence-electron chi connectivity index (χ4n) is 2.38. The van der Waals surface area contributed by atoms with Crippen LogP contribution in [0, 0.1) is 0 Å². The lowest BCUT2D eigenvalue weighted by atomic mass is 10.1. The number of hydrogen-bond donors (Lipinski definition) is 1. The molecule has 7 nitrogen and oxygen atoms in total. The summed E-state index contributed by atoms with van der Waals surface area (Å²) in [4.78, 5) is 35.1. The van der Waals surface area contributed by atoms with Crippen LogP contribution in [0.2, 0.25) is 0 Å². The summed E-state index contributed by atoms with van der Waals surface area (Å²) in [6.45, 7) is 1.54. The molecule has 2 aromatic rings. The Morgan fingerprint density at radius 1 is 0.929 bits per heavy atom. The van der Waals surface area contributed by atoms with Crippen molar-refractivity contribution in [2.24, 2.45) is 0 Å². The number of nitrogens with one attached hydrogen (secondary N) is 1. The third kappa shape index (κ3) is 6.31. The number of hydrogen-bond acceptors (Lipinski definition) is 6. The lowest BCUT2D eigenvalue weighted by molar-refractivity contribution is -0.118. The van der Waals surface area contributed by atoms with Gasteiger partial charge in [0, 0.05) is 25.3 Å². The number of esters is 1. The van der Waals surface area contributed by atoms with E-state index in [1.807, 2.05) is 0 Å². The number of carbonyl (C=O) groups excluding carboxylic acids is 3. The summed E-state index contributed by atoms with van der Waals surface area (Å²) in [5, 5.41) is 2.69. The van der Waals surface area contributed by atoms with Crippen LogP contribution in [0.25, 0.3) is 0 Å². The van der Waals surface area contributed by atoms with Crippen LogP contribution in [-0.2, 0) is 25.8 Å². The molecule has 1 amide bonds. The summed E-state index contributed by atoms with van der Waals surface area (Å²) in [6, 6.07) is 12.1. The zero-order chi connectivity index (χ0) is 20.7. The number of ketones is 1. The SMILES string of the molecule is CC(=O)NCCc1ccc(C(=O)COC(=O)c2ccc(S(C)(=O)=O)cc2)cc1. The second-order valence-electron chi connectivity index (χ2n) is 6.23. The highest BCUT2D eigenvalue weighted by Crippen LogP contribution is 2.12. The molecule has 0 fully saturated rings. The first-order valence-electron chi connectivity index (χ1n) is 8.50. The molecule has 0 heterocycles. The summed E-state index contributed by atoms with van der Waals surface area (Å²) >= 11 is 0. The van der Waals surface area contributed by atoms with Gasteiger partial charge in [-0.15, -0.1) is 0 Å². The van der Waals surface area contributed by atoms with Crippen molar-refractivity contribution in [3.63, 3.8) is 0 Å². The fraction of sp³-hybridized carbons (Fsp3) is 0.250. The quantitative estimate of drug-likeness (QED) is 0.532. The van der Waals surface area contributed by atoms with Crippen molar-refractivity contribution < 1.29 is 27.5 Å². The number of amides is 1. The summed E-state index contributed by atoms with van der Waals surface area (Å²) in [7, 11) is -3.35. The minimum atomic E-state index is -3.35. The van der Waals surface area contributed by atoms with Crippen molar-refractivity contribution in [1.29, 1.82) is 0 Å². The second-order valence-corrected chi connectivity index (χ2v) is 8.24. The predicted octanol–water partition coefficient (Wildman–Crippen LogP) is 1.81. The summed E-state index contributed by atoms with van der Waals surface area (Å²) in [5.74, 6) is -1.16. The molecular formula is C20H21NO6S. The standard InChI is InChI=1S/C20H21NO6S/c1-14(22)21-12-11-15-3-5-16(6-4-15)19(23)13-27-20(24)17-7-9-18(10-8-17)28(2,25)26/h3-10H,11-13H2,1-2H3,(H,21,22). The van der Waals surface area contributed by atoms with E-state index >= 15 is 0 Å². The van der Waals surface area contributed by atoms with Gasteiger partial charge < -0.3 is 10.1 Å². The van der Waals surface area contributed by atoms with Gasteiger partial charge in [0.05, 0.1) is 10.5 Å². The maximum Gasteiger partial charge on any atom is 0.338 e. The molecule has 1 N–H and O–H groups in total. The molecule has 0 saturated carbocycles. The van der Waals surface area contributed by atoms with E-state index < -0.39 is 22.4 Å². The molecule has 0 aromatic heterocycles. The van der Waals surface area contributed by atoms with E-state index in [1.54, 1.807) is 24.3 Å². The van der Waals surface area contributed by atoms with Gasteiger partial charge >= 0.3 is 5.97 Å². The molecule has 0 bridgehead atoms. The van der Waals surface area contributed by atoms with Crippen LogP contribution in [0.4, 0.5) is 0 Å². The zero-order valence-electron chi connectivity index (χ0n) is 15.6. The molecule has 0 atom stereocenters. The molecule has 0 aliphatic heterocycles. The number of Topliss-reactive ketones (excluding diaryl/α,β-unsaturated/α-hetero) is 1. The third-order valence-electron chi connectivity index (χ3n) is 3.92. The van der Waals surface area contributed by atoms with Gasteiger partial charge in [-0.25, -0.2) is 13.2 Å². The van der Waals surface area contributed by atoms with Crippen molar-refractivity contribution in [1.82, 2.24) is 5.32 Å². The predicted molar refractivity (Wildman–Crippen MR) is 103 cm³/mol. The van der Waals surface area contributed by atoms with Crippen molar-refractivity contribution in [3.05, 3.63) is 65.2 Å². The summed E-state index contributed by atoms with van der Waals surface area (Å²) in [6.07, 6.45) is 1.72. The Kier molecular flexibility index (Phi) is 7.06. The average Bonchev–Trinajstić information content (AvgIpc) is 2.65. The first-order chi connectivity index (χ1) is 13.2. The van der Waals surface area contributed by atoms with Crippen LogP contribution in [0.1, 0.15) is 33.2 Å². The molecule has 28 heavy (non-hydrogen) atoms. The molecule has 0 unspecified atom stereocenters. The normalized spacial score (nSPS) is 10.9. The van der Waals surface area contributed by atoms with E-state index in [0.29, 0.717) is 18.5 Å². The first kappa shape index (κ1) is 21.3. The highest BCUT2D eigenvalue weighted by atomic mass is 32.2. The minimum Gasteiger partial charge on any atom is -0.454 e.